The summed E-state index contributed by atoms with van der Waals surface area (Å²) in [5, 5.41) is 4.66. The Morgan fingerprint density at radius 3 is 2.92 bits per heavy atom. The van der Waals surface area contributed by atoms with E-state index in [1.54, 1.807) is 12.1 Å². The summed E-state index contributed by atoms with van der Waals surface area (Å²) >= 11 is 0. The number of nitrogens with zero attached hydrogens (tertiary/aromatic N) is 3. The molecule has 1 unspecified atom stereocenters. The van der Waals surface area contributed by atoms with Gasteiger partial charge in [0, 0.05) is 23.7 Å². The molecule has 1 saturated heterocycles. The fourth-order valence-corrected chi connectivity index (χ4v) is 4.62. The Morgan fingerprint density at radius 2 is 2.08 bits per heavy atom. The number of hydrogen-bond acceptors (Lipinski definition) is 6. The van der Waals surface area contributed by atoms with Gasteiger partial charge in [-0.15, -0.1) is 0 Å². The predicted molar refractivity (Wildman–Crippen MR) is 96.2 cm³/mol. The highest BCUT2D eigenvalue weighted by Crippen LogP contribution is 2.24. The zero-order valence-corrected chi connectivity index (χ0v) is 15.1. The highest BCUT2D eigenvalue weighted by molar-refractivity contribution is 7.88. The summed E-state index contributed by atoms with van der Waals surface area (Å²) in [6.07, 6.45) is 0.433. The first kappa shape index (κ1) is 17.0. The van der Waals surface area contributed by atoms with Crippen LogP contribution in [-0.4, -0.2) is 42.1 Å². The van der Waals surface area contributed by atoms with E-state index in [2.05, 4.69) is 10.1 Å². The van der Waals surface area contributed by atoms with E-state index in [9.17, 15) is 8.42 Å². The third-order valence-corrected chi connectivity index (χ3v) is 6.18. The summed E-state index contributed by atoms with van der Waals surface area (Å²) in [6, 6.07) is 12.8. The van der Waals surface area contributed by atoms with Crippen LogP contribution in [0.25, 0.3) is 11.0 Å². The molecule has 4 rings (SSSR count). The first-order valence-corrected chi connectivity index (χ1v) is 10.0. The monoisotopic (exact) mass is 373 g/mol. The van der Waals surface area contributed by atoms with E-state index in [0.29, 0.717) is 36.7 Å². The number of hydrogen-bond donors (Lipinski definition) is 0. The van der Waals surface area contributed by atoms with Crippen molar-refractivity contribution in [3.05, 3.63) is 53.9 Å². The van der Waals surface area contributed by atoms with E-state index < -0.39 is 10.0 Å². The number of aryl methyl sites for hydroxylation is 1. The Bertz CT molecular complexity index is 1030. The van der Waals surface area contributed by atoms with Crippen molar-refractivity contribution in [2.24, 2.45) is 0 Å². The molecule has 0 amide bonds. The summed E-state index contributed by atoms with van der Waals surface area (Å²) in [5.41, 5.74) is 1.89. The maximum Gasteiger partial charge on any atom is 0.220 e. The second-order valence-corrected chi connectivity index (χ2v) is 8.35. The van der Waals surface area contributed by atoms with Gasteiger partial charge in [0.15, 0.2) is 5.58 Å². The number of pyridine rings is 1. The molecule has 1 fully saturated rings. The molecule has 3 heterocycles. The van der Waals surface area contributed by atoms with Gasteiger partial charge in [-0.1, -0.05) is 23.4 Å². The van der Waals surface area contributed by atoms with Crippen LogP contribution in [0.15, 0.2) is 47.0 Å². The van der Waals surface area contributed by atoms with E-state index in [1.165, 1.54) is 4.31 Å². The van der Waals surface area contributed by atoms with Gasteiger partial charge in [-0.2, -0.15) is 4.31 Å². The Morgan fingerprint density at radius 1 is 1.23 bits per heavy atom. The number of ether oxygens (including phenoxy) is 1. The number of rotatable bonds is 5. The molecule has 0 saturated carbocycles. The van der Waals surface area contributed by atoms with Crippen LogP contribution >= 0.6 is 0 Å². The van der Waals surface area contributed by atoms with Gasteiger partial charge < -0.3 is 9.26 Å². The SMILES string of the molecule is Cc1cccc(OC2CCN(S(=O)(=O)Cc3noc4ccccc34)C2)n1. The normalized spacial score (nSPS) is 18.4. The fourth-order valence-electron chi connectivity index (χ4n) is 3.11. The summed E-state index contributed by atoms with van der Waals surface area (Å²) in [6.45, 7) is 2.63. The maximum absolute atomic E-state index is 12.8. The number of sulfonamides is 1. The molecule has 1 aliphatic rings. The smallest absolute Gasteiger partial charge is 0.220 e. The molecule has 1 atom stereocenters. The van der Waals surface area contributed by atoms with Crippen LogP contribution in [-0.2, 0) is 15.8 Å². The van der Waals surface area contributed by atoms with Crippen LogP contribution < -0.4 is 4.74 Å². The molecular weight excluding hydrogens is 354 g/mol. The van der Waals surface area contributed by atoms with Crippen molar-refractivity contribution in [2.75, 3.05) is 13.1 Å². The van der Waals surface area contributed by atoms with Gasteiger partial charge in [-0.25, -0.2) is 13.4 Å². The van der Waals surface area contributed by atoms with Crippen LogP contribution in [0.4, 0.5) is 0 Å². The molecule has 0 bridgehead atoms. The van der Waals surface area contributed by atoms with E-state index in [1.807, 2.05) is 37.3 Å². The summed E-state index contributed by atoms with van der Waals surface area (Å²) in [7, 11) is -3.50. The van der Waals surface area contributed by atoms with Gasteiger partial charge in [-0.3, -0.25) is 0 Å². The lowest BCUT2D eigenvalue weighted by Gasteiger charge is -2.16. The van der Waals surface area contributed by atoms with E-state index in [4.69, 9.17) is 9.26 Å². The van der Waals surface area contributed by atoms with E-state index in [0.717, 1.165) is 11.1 Å². The van der Waals surface area contributed by atoms with Gasteiger partial charge >= 0.3 is 0 Å². The van der Waals surface area contributed by atoms with Crippen LogP contribution in [0.5, 0.6) is 5.88 Å². The van der Waals surface area contributed by atoms with Gasteiger partial charge in [-0.05, 0) is 31.5 Å². The van der Waals surface area contributed by atoms with Gasteiger partial charge in [0.1, 0.15) is 17.6 Å². The standard InChI is InChI=1S/C18H19N3O4S/c1-13-5-4-8-18(19-13)24-14-9-10-21(11-14)26(22,23)12-16-15-6-2-3-7-17(15)25-20-16/h2-8,14H,9-12H2,1H3. The molecule has 2 aromatic heterocycles. The van der Waals surface area contributed by atoms with Crippen LogP contribution in [0.3, 0.4) is 0 Å². The fraction of sp³-hybridized carbons (Fsp3) is 0.333. The van der Waals surface area contributed by atoms with Crippen molar-refractivity contribution in [2.45, 2.75) is 25.2 Å². The minimum Gasteiger partial charge on any atom is -0.473 e. The molecule has 26 heavy (non-hydrogen) atoms. The molecular formula is C18H19N3O4S. The molecule has 0 spiro atoms. The predicted octanol–water partition coefficient (Wildman–Crippen LogP) is 2.51. The summed E-state index contributed by atoms with van der Waals surface area (Å²) in [4.78, 5) is 4.31. The Labute approximate surface area is 151 Å². The Kier molecular flexibility index (Phi) is 4.37. The van der Waals surface area contributed by atoms with Crippen LogP contribution in [0.2, 0.25) is 0 Å². The number of benzene rings is 1. The third-order valence-electron chi connectivity index (χ3n) is 4.42. The summed E-state index contributed by atoms with van der Waals surface area (Å²) < 4.78 is 38.0. The number of fused-ring (bicyclic) bond motifs is 1. The number of para-hydroxylation sites is 1. The molecule has 3 aromatic rings. The van der Waals surface area contributed by atoms with Gasteiger partial charge in [0.2, 0.25) is 15.9 Å². The first-order chi connectivity index (χ1) is 12.5. The van der Waals surface area contributed by atoms with Gasteiger partial charge in [0.05, 0.1) is 6.54 Å². The highest BCUT2D eigenvalue weighted by atomic mass is 32.2. The molecule has 0 N–H and O–H groups in total. The first-order valence-electron chi connectivity index (χ1n) is 8.43. The topological polar surface area (TPSA) is 85.5 Å². The molecule has 1 aromatic carbocycles. The number of aromatic nitrogens is 2. The molecule has 136 valence electrons. The van der Waals surface area contributed by atoms with E-state index >= 15 is 0 Å². The molecule has 0 aliphatic carbocycles. The molecule has 7 nitrogen and oxygen atoms in total. The van der Waals surface area contributed by atoms with Crippen LogP contribution in [0.1, 0.15) is 17.8 Å². The minimum atomic E-state index is -3.50. The van der Waals surface area contributed by atoms with Crippen molar-refractivity contribution < 1.29 is 17.7 Å². The third kappa shape index (κ3) is 3.42. The lowest BCUT2D eigenvalue weighted by atomic mass is 10.2. The Hall–Kier alpha value is -2.45. The second-order valence-electron chi connectivity index (χ2n) is 6.39. The van der Waals surface area contributed by atoms with Crippen molar-refractivity contribution in [1.29, 1.82) is 0 Å². The lowest BCUT2D eigenvalue weighted by molar-refractivity contribution is 0.206. The zero-order valence-electron chi connectivity index (χ0n) is 14.3. The van der Waals surface area contributed by atoms with Crippen molar-refractivity contribution >= 4 is 21.0 Å². The second kappa shape index (κ2) is 6.69. The quantitative estimate of drug-likeness (QED) is 0.683. The van der Waals surface area contributed by atoms with E-state index in [-0.39, 0.29) is 11.9 Å². The highest BCUT2D eigenvalue weighted by Gasteiger charge is 2.33. The average Bonchev–Trinajstić information content (AvgIpc) is 3.23. The largest absolute Gasteiger partial charge is 0.473 e. The lowest BCUT2D eigenvalue weighted by Crippen LogP contribution is -2.32. The molecule has 0 radical (unpaired) electrons. The van der Waals surface area contributed by atoms with Crippen molar-refractivity contribution in [1.82, 2.24) is 14.4 Å². The van der Waals surface area contributed by atoms with Crippen molar-refractivity contribution in [3.63, 3.8) is 0 Å². The maximum atomic E-state index is 12.8. The average molecular weight is 373 g/mol. The summed E-state index contributed by atoms with van der Waals surface area (Å²) in [5.74, 6) is 0.344. The molecule has 1 aliphatic heterocycles. The Balaban J connectivity index is 1.45. The van der Waals surface area contributed by atoms with Gasteiger partial charge in [0.25, 0.3) is 0 Å². The minimum absolute atomic E-state index is 0.181. The molecule has 8 heteroatoms. The van der Waals surface area contributed by atoms with Crippen LogP contribution in [0, 0.1) is 6.92 Å². The zero-order chi connectivity index (χ0) is 18.1. The van der Waals surface area contributed by atoms with Crippen molar-refractivity contribution in [3.8, 4) is 5.88 Å².